The van der Waals surface area contributed by atoms with E-state index in [1.54, 1.807) is 13.2 Å². The van der Waals surface area contributed by atoms with Crippen LogP contribution >= 0.6 is 24.0 Å². The Kier molecular flexibility index (Phi) is 6.51. The zero-order valence-corrected chi connectivity index (χ0v) is 17.2. The van der Waals surface area contributed by atoms with Gasteiger partial charge in [0.1, 0.15) is 10.1 Å². The van der Waals surface area contributed by atoms with Gasteiger partial charge in [-0.2, -0.15) is 0 Å². The van der Waals surface area contributed by atoms with Crippen LogP contribution in [0, 0.1) is 0 Å². The molecule has 2 amide bonds. The van der Waals surface area contributed by atoms with Crippen LogP contribution in [0.15, 0.2) is 29.2 Å². The third kappa shape index (κ3) is 4.69. The van der Waals surface area contributed by atoms with E-state index in [0.717, 1.165) is 31.7 Å². The van der Waals surface area contributed by atoms with E-state index >= 15 is 0 Å². The molecule has 1 aromatic carbocycles. The molecule has 27 heavy (non-hydrogen) atoms. The largest absolute Gasteiger partial charge is 0.496 e. The number of hydrogen-bond donors (Lipinski definition) is 1. The van der Waals surface area contributed by atoms with Crippen molar-refractivity contribution in [2.75, 3.05) is 46.9 Å². The molecule has 0 aliphatic carbocycles. The second-order valence-electron chi connectivity index (χ2n) is 6.66. The molecule has 2 aliphatic rings. The Morgan fingerprint density at radius 3 is 2.74 bits per heavy atom. The van der Waals surface area contributed by atoms with E-state index in [1.165, 1.54) is 21.6 Å². The maximum absolute atomic E-state index is 12.7. The molecule has 0 saturated carbocycles. The van der Waals surface area contributed by atoms with E-state index in [1.807, 2.05) is 29.2 Å². The molecule has 8 heteroatoms. The lowest BCUT2D eigenvalue weighted by molar-refractivity contribution is -0.883. The summed E-state index contributed by atoms with van der Waals surface area (Å²) >= 11 is 6.63. The minimum atomic E-state index is -0.147. The van der Waals surface area contributed by atoms with Crippen LogP contribution < -0.4 is 9.64 Å². The lowest BCUT2D eigenvalue weighted by Crippen LogP contribution is -3.12. The number of methoxy groups -OCH3 is 1. The first-order chi connectivity index (χ1) is 13.0. The van der Waals surface area contributed by atoms with Gasteiger partial charge in [-0.05, 0) is 12.1 Å². The monoisotopic (exact) mass is 406 g/mol. The topological polar surface area (TPSA) is 54.3 Å². The van der Waals surface area contributed by atoms with E-state index in [-0.39, 0.29) is 11.8 Å². The van der Waals surface area contributed by atoms with Crippen molar-refractivity contribution in [3.8, 4) is 5.75 Å². The number of thioether (sulfide) groups is 1. The molecular weight excluding hydrogens is 382 g/mol. The molecule has 3 rings (SSSR count). The fourth-order valence-electron chi connectivity index (χ4n) is 3.12. The first-order valence-corrected chi connectivity index (χ1v) is 10.2. The maximum Gasteiger partial charge on any atom is 0.266 e. The zero-order chi connectivity index (χ0) is 19.4. The van der Waals surface area contributed by atoms with Crippen molar-refractivity contribution in [2.45, 2.75) is 6.42 Å². The Bertz CT molecular complexity index is 773. The third-order valence-electron chi connectivity index (χ3n) is 4.82. The van der Waals surface area contributed by atoms with Crippen LogP contribution in [0.5, 0.6) is 5.75 Å². The van der Waals surface area contributed by atoms with Crippen LogP contribution in [-0.4, -0.2) is 72.8 Å². The average molecular weight is 407 g/mol. The van der Waals surface area contributed by atoms with E-state index < -0.39 is 0 Å². The molecule has 0 aromatic heterocycles. The summed E-state index contributed by atoms with van der Waals surface area (Å²) in [5.41, 5.74) is 0.830. The summed E-state index contributed by atoms with van der Waals surface area (Å²) in [7, 11) is 3.74. The van der Waals surface area contributed by atoms with Crippen molar-refractivity contribution in [3.05, 3.63) is 34.7 Å². The number of benzene rings is 1. The molecule has 2 saturated heterocycles. The average Bonchev–Trinajstić information content (AvgIpc) is 2.94. The summed E-state index contributed by atoms with van der Waals surface area (Å²) in [6.07, 6.45) is 2.09. The number of nitrogens with zero attached hydrogens (tertiary/aromatic N) is 2. The van der Waals surface area contributed by atoms with Gasteiger partial charge in [0.25, 0.3) is 5.91 Å². The quantitative estimate of drug-likeness (QED) is 0.575. The molecule has 144 valence electrons. The fourth-order valence-corrected chi connectivity index (χ4v) is 4.42. The normalized spacial score (nSPS) is 19.9. The van der Waals surface area contributed by atoms with Crippen molar-refractivity contribution in [3.63, 3.8) is 0 Å². The molecule has 2 heterocycles. The zero-order valence-electron chi connectivity index (χ0n) is 15.6. The SMILES string of the molecule is COc1ccccc1C=C1SC(=S)N(CCC(=O)N2CC[NH+](C)CC2)C1=O. The number of rotatable bonds is 5. The van der Waals surface area contributed by atoms with Crippen molar-refractivity contribution in [1.29, 1.82) is 0 Å². The van der Waals surface area contributed by atoms with Crippen LogP contribution in [-0.2, 0) is 9.59 Å². The molecule has 0 unspecified atom stereocenters. The standard InChI is InChI=1S/C19H23N3O3S2/c1-20-9-11-21(12-10-20)17(23)7-8-22-18(24)16(27-19(22)26)13-14-5-3-4-6-15(14)25-2/h3-6,13H,7-12H2,1-2H3/p+1. The minimum absolute atomic E-state index is 0.0882. The van der Waals surface area contributed by atoms with Gasteiger partial charge in [0, 0.05) is 18.5 Å². The first-order valence-electron chi connectivity index (χ1n) is 8.97. The highest BCUT2D eigenvalue weighted by Crippen LogP contribution is 2.34. The second-order valence-corrected chi connectivity index (χ2v) is 8.34. The Balaban J connectivity index is 1.62. The van der Waals surface area contributed by atoms with Gasteiger partial charge in [0.15, 0.2) is 0 Å². The van der Waals surface area contributed by atoms with Gasteiger partial charge in [-0.25, -0.2) is 0 Å². The van der Waals surface area contributed by atoms with Crippen molar-refractivity contribution in [1.82, 2.24) is 9.80 Å². The lowest BCUT2D eigenvalue weighted by atomic mass is 10.2. The van der Waals surface area contributed by atoms with Crippen LogP contribution in [0.2, 0.25) is 0 Å². The lowest BCUT2D eigenvalue weighted by Gasteiger charge is -2.30. The number of quaternary nitrogens is 1. The van der Waals surface area contributed by atoms with Gasteiger partial charge in [0.2, 0.25) is 5.91 Å². The van der Waals surface area contributed by atoms with Crippen LogP contribution in [0.25, 0.3) is 6.08 Å². The molecule has 1 N–H and O–H groups in total. The fraction of sp³-hybridized carbons (Fsp3) is 0.421. The molecule has 0 spiro atoms. The number of carbonyl (C=O) groups excluding carboxylic acids is 2. The summed E-state index contributed by atoms with van der Waals surface area (Å²) in [5.74, 6) is 0.645. The maximum atomic E-state index is 12.7. The number of hydrogen-bond acceptors (Lipinski definition) is 5. The number of thiocarbonyl (C=S) groups is 1. The molecule has 0 radical (unpaired) electrons. The number of ether oxygens (including phenoxy) is 1. The van der Waals surface area contributed by atoms with Crippen LogP contribution in [0.4, 0.5) is 0 Å². The smallest absolute Gasteiger partial charge is 0.266 e. The number of nitrogens with one attached hydrogen (secondary N) is 1. The summed E-state index contributed by atoms with van der Waals surface area (Å²) in [4.78, 5) is 30.6. The summed E-state index contributed by atoms with van der Waals surface area (Å²) in [5, 5.41) is 0. The molecular formula is C19H24N3O3S2+. The first kappa shape index (κ1) is 19.9. The molecule has 2 fully saturated rings. The van der Waals surface area contributed by atoms with Gasteiger partial charge in [-0.15, -0.1) is 0 Å². The van der Waals surface area contributed by atoms with Gasteiger partial charge >= 0.3 is 0 Å². The number of amides is 2. The summed E-state index contributed by atoms with van der Waals surface area (Å²) in [6.45, 7) is 3.81. The van der Waals surface area contributed by atoms with E-state index in [9.17, 15) is 9.59 Å². The van der Waals surface area contributed by atoms with E-state index in [2.05, 4.69) is 7.05 Å². The highest BCUT2D eigenvalue weighted by Gasteiger charge is 2.33. The molecule has 2 aliphatic heterocycles. The Morgan fingerprint density at radius 1 is 1.33 bits per heavy atom. The predicted molar refractivity (Wildman–Crippen MR) is 111 cm³/mol. The number of carbonyl (C=O) groups is 2. The van der Waals surface area contributed by atoms with Crippen LogP contribution in [0.3, 0.4) is 0 Å². The number of likely N-dealkylation sites (N-methyl/N-ethyl adjacent to an activating group) is 1. The van der Waals surface area contributed by atoms with E-state index in [0.29, 0.717) is 27.9 Å². The molecule has 0 bridgehead atoms. The highest BCUT2D eigenvalue weighted by molar-refractivity contribution is 8.26. The van der Waals surface area contributed by atoms with Crippen molar-refractivity contribution in [2.24, 2.45) is 0 Å². The van der Waals surface area contributed by atoms with E-state index in [4.69, 9.17) is 17.0 Å². The summed E-state index contributed by atoms with van der Waals surface area (Å²) in [6, 6.07) is 7.52. The number of piperazine rings is 1. The van der Waals surface area contributed by atoms with Crippen molar-refractivity contribution >= 4 is 46.2 Å². The third-order valence-corrected chi connectivity index (χ3v) is 6.20. The Morgan fingerprint density at radius 2 is 2.04 bits per heavy atom. The Hall–Kier alpha value is -1.90. The predicted octanol–water partition coefficient (Wildman–Crippen LogP) is 0.643. The van der Waals surface area contributed by atoms with Crippen LogP contribution in [0.1, 0.15) is 12.0 Å². The summed E-state index contributed by atoms with van der Waals surface area (Å²) < 4.78 is 5.83. The minimum Gasteiger partial charge on any atom is -0.496 e. The van der Waals surface area contributed by atoms with Gasteiger partial charge in [-0.1, -0.05) is 42.2 Å². The molecule has 0 atom stereocenters. The van der Waals surface area contributed by atoms with Gasteiger partial charge in [-0.3, -0.25) is 14.5 Å². The molecule has 1 aromatic rings. The molecule has 6 nitrogen and oxygen atoms in total. The van der Waals surface area contributed by atoms with Crippen molar-refractivity contribution < 1.29 is 19.2 Å². The van der Waals surface area contributed by atoms with Gasteiger partial charge < -0.3 is 14.5 Å². The highest BCUT2D eigenvalue weighted by atomic mass is 32.2. The second kappa shape index (κ2) is 8.86. The number of para-hydroxylation sites is 1. The van der Waals surface area contributed by atoms with Gasteiger partial charge in [0.05, 0.1) is 45.2 Å². The Labute approximate surface area is 169 Å².